The van der Waals surface area contributed by atoms with Crippen molar-refractivity contribution in [3.63, 3.8) is 0 Å². The quantitative estimate of drug-likeness (QED) is 0.0437. The molecule has 0 amide bonds. The molecule has 258 valence electrons. The Morgan fingerprint density at radius 2 is 0.837 bits per heavy atom. The zero-order valence-electron chi connectivity index (χ0n) is 31.0. The average molecular weight is 625 g/mol. The maximum Gasteiger partial charge on any atom is 0.311 e. The van der Waals surface area contributed by atoms with E-state index in [9.17, 15) is 4.79 Å². The Hall–Kier alpha value is -0.353. The summed E-state index contributed by atoms with van der Waals surface area (Å²) in [6.45, 7) is 16.2. The Morgan fingerprint density at radius 1 is 0.535 bits per heavy atom. The van der Waals surface area contributed by atoms with Crippen molar-refractivity contribution < 1.29 is 14.0 Å². The molecular weight excluding hydrogens is 545 g/mol. The number of esters is 1. The van der Waals surface area contributed by atoms with Crippen molar-refractivity contribution in [3.05, 3.63) is 0 Å². The maximum absolute atomic E-state index is 13.1. The molecule has 0 heterocycles. The van der Waals surface area contributed by atoms with Gasteiger partial charge in [0.1, 0.15) is 0 Å². The number of methoxy groups -OCH3 is 1. The first-order chi connectivity index (χ1) is 20.6. The molecule has 0 aliphatic rings. The molecule has 0 saturated carbocycles. The van der Waals surface area contributed by atoms with Crippen LogP contribution in [0.4, 0.5) is 0 Å². The number of carbonyl (C=O) groups excluding carboxylic acids is 1. The molecule has 0 radical (unpaired) electrons. The first kappa shape index (κ1) is 42.6. The third kappa shape index (κ3) is 23.6. The number of ether oxygens (including phenoxy) is 1. The van der Waals surface area contributed by atoms with E-state index in [1.807, 2.05) is 0 Å². The van der Waals surface area contributed by atoms with Crippen LogP contribution >= 0.6 is 0 Å². The summed E-state index contributed by atoms with van der Waals surface area (Å²) in [5.74, 6) is -0.180. The molecule has 0 aliphatic heterocycles. The third-order valence-corrected chi connectivity index (χ3v) is 14.7. The van der Waals surface area contributed by atoms with Crippen molar-refractivity contribution in [2.24, 2.45) is 5.92 Å². The number of hydrogen-bond acceptors (Lipinski definition) is 3. The smallest absolute Gasteiger partial charge is 0.311 e. The molecule has 0 unspecified atom stereocenters. The summed E-state index contributed by atoms with van der Waals surface area (Å²) in [5, 5.41) is 0.137. The number of hydrogen-bond donors (Lipinski definition) is 0. The van der Waals surface area contributed by atoms with E-state index in [1.165, 1.54) is 148 Å². The molecule has 0 rings (SSSR count). The summed E-state index contributed by atoms with van der Waals surface area (Å²) in [4.78, 5) is 13.1. The minimum absolute atomic E-state index is 0.00578. The Balaban J connectivity index is 4.57. The van der Waals surface area contributed by atoms with Crippen LogP contribution in [-0.2, 0) is 14.0 Å². The van der Waals surface area contributed by atoms with Crippen LogP contribution < -0.4 is 0 Å². The second-order valence-corrected chi connectivity index (χ2v) is 20.0. The molecule has 0 aromatic carbocycles. The van der Waals surface area contributed by atoms with E-state index in [-0.39, 0.29) is 23.0 Å². The summed E-state index contributed by atoms with van der Waals surface area (Å²) in [6, 6.07) is 0. The second kappa shape index (κ2) is 27.9. The fourth-order valence-corrected chi connectivity index (χ4v) is 7.47. The Morgan fingerprint density at radius 3 is 1.14 bits per heavy atom. The van der Waals surface area contributed by atoms with Gasteiger partial charge < -0.3 is 9.16 Å². The molecule has 0 aromatic heterocycles. The molecule has 4 heteroatoms. The molecule has 0 fully saturated rings. The first-order valence-corrected chi connectivity index (χ1v) is 22.3. The number of carbonyl (C=O) groups is 1. The predicted molar refractivity (Wildman–Crippen MR) is 194 cm³/mol. The third-order valence-electron chi connectivity index (χ3n) is 10.2. The lowest BCUT2D eigenvalue weighted by Gasteiger charge is -2.41. The molecule has 3 nitrogen and oxygen atoms in total. The van der Waals surface area contributed by atoms with Gasteiger partial charge in [0, 0.05) is 0 Å². The summed E-state index contributed by atoms with van der Waals surface area (Å²) in [5.41, 5.74) is 0. The van der Waals surface area contributed by atoms with Gasteiger partial charge in [0.15, 0.2) is 8.32 Å². The maximum atomic E-state index is 13.1. The molecule has 0 bridgehead atoms. The Labute approximate surface area is 272 Å². The van der Waals surface area contributed by atoms with Crippen molar-refractivity contribution in [1.29, 1.82) is 0 Å². The lowest BCUT2D eigenvalue weighted by Crippen LogP contribution is -2.47. The summed E-state index contributed by atoms with van der Waals surface area (Å²) < 4.78 is 12.4. The molecule has 0 aliphatic carbocycles. The van der Waals surface area contributed by atoms with E-state index in [4.69, 9.17) is 9.16 Å². The lowest BCUT2D eigenvalue weighted by atomic mass is 9.91. The van der Waals surface area contributed by atoms with Crippen molar-refractivity contribution >= 4 is 14.3 Å². The lowest BCUT2D eigenvalue weighted by molar-refractivity contribution is -0.149. The van der Waals surface area contributed by atoms with Crippen LogP contribution in [0.1, 0.15) is 208 Å². The highest BCUT2D eigenvalue weighted by Gasteiger charge is 2.42. The molecule has 0 saturated heterocycles. The molecule has 0 N–H and O–H groups in total. The van der Waals surface area contributed by atoms with E-state index in [1.54, 1.807) is 7.11 Å². The second-order valence-electron chi connectivity index (χ2n) is 15.3. The first-order valence-electron chi connectivity index (χ1n) is 19.4. The van der Waals surface area contributed by atoms with Gasteiger partial charge in [-0.15, -0.1) is 0 Å². The van der Waals surface area contributed by atoms with E-state index >= 15 is 0 Å². The highest BCUT2D eigenvalue weighted by Crippen LogP contribution is 2.39. The van der Waals surface area contributed by atoms with Gasteiger partial charge in [0.05, 0.1) is 19.1 Å². The van der Waals surface area contributed by atoms with Crippen LogP contribution in [0, 0.1) is 5.92 Å². The van der Waals surface area contributed by atoms with Gasteiger partial charge in [-0.25, -0.2) is 0 Å². The topological polar surface area (TPSA) is 35.5 Å². The van der Waals surface area contributed by atoms with Crippen LogP contribution in [0.5, 0.6) is 0 Å². The summed E-state index contributed by atoms with van der Waals surface area (Å²) in [7, 11) is -0.425. The van der Waals surface area contributed by atoms with Gasteiger partial charge in [-0.2, -0.15) is 0 Å². The van der Waals surface area contributed by atoms with Gasteiger partial charge >= 0.3 is 5.97 Å². The number of rotatable bonds is 31. The predicted octanol–water partition coefficient (Wildman–Crippen LogP) is 13.7. The Bertz CT molecular complexity index is 612. The van der Waals surface area contributed by atoms with Crippen LogP contribution in [0.25, 0.3) is 0 Å². The van der Waals surface area contributed by atoms with Gasteiger partial charge in [-0.05, 0) is 31.0 Å². The zero-order valence-corrected chi connectivity index (χ0v) is 32.0. The largest absolute Gasteiger partial charge is 0.469 e. The van der Waals surface area contributed by atoms with Crippen LogP contribution in [0.15, 0.2) is 0 Å². The van der Waals surface area contributed by atoms with Crippen molar-refractivity contribution in [2.75, 3.05) is 7.11 Å². The highest BCUT2D eigenvalue weighted by atomic mass is 28.4. The van der Waals surface area contributed by atoms with Crippen molar-refractivity contribution in [2.45, 2.75) is 232 Å². The molecule has 0 aromatic rings. The fraction of sp³-hybridized carbons (Fsp3) is 0.974. The van der Waals surface area contributed by atoms with Gasteiger partial charge in [0.2, 0.25) is 0 Å². The SMILES string of the molecule is CCCCCCCCCCCCCCC[C@@H](O[Si](C)(C)C(C)(C)C)[C@@H](CCCCCCCCCCCCCC)C(=O)OC. The normalized spacial score (nSPS) is 13.8. The molecule has 0 spiro atoms. The average Bonchev–Trinajstić information content (AvgIpc) is 2.96. The summed E-state index contributed by atoms with van der Waals surface area (Å²) in [6.07, 6.45) is 35.7. The minimum Gasteiger partial charge on any atom is -0.469 e. The van der Waals surface area contributed by atoms with E-state index in [2.05, 4.69) is 47.7 Å². The fourth-order valence-electron chi connectivity index (χ4n) is 6.07. The van der Waals surface area contributed by atoms with E-state index < -0.39 is 8.32 Å². The Kier molecular flexibility index (Phi) is 27.7. The van der Waals surface area contributed by atoms with Crippen LogP contribution in [-0.4, -0.2) is 27.5 Å². The minimum atomic E-state index is -1.99. The van der Waals surface area contributed by atoms with Crippen LogP contribution in [0.3, 0.4) is 0 Å². The summed E-state index contributed by atoms with van der Waals surface area (Å²) >= 11 is 0. The number of unbranched alkanes of at least 4 members (excludes halogenated alkanes) is 23. The zero-order chi connectivity index (χ0) is 32.2. The standard InChI is InChI=1S/C39H80O3Si/c1-9-11-13-15-17-19-21-23-25-27-29-31-33-35-37(42-43(7,8)39(3,4)5)36(38(40)41-6)34-32-30-28-26-24-22-20-18-16-14-12-10-2/h36-37H,9-35H2,1-8H3/t36-,37-/m1/s1. The van der Waals surface area contributed by atoms with E-state index in [0.717, 1.165) is 25.7 Å². The van der Waals surface area contributed by atoms with Crippen molar-refractivity contribution in [3.8, 4) is 0 Å². The van der Waals surface area contributed by atoms with E-state index in [0.29, 0.717) is 0 Å². The molecular formula is C39H80O3Si. The van der Waals surface area contributed by atoms with Gasteiger partial charge in [-0.1, -0.05) is 195 Å². The van der Waals surface area contributed by atoms with Gasteiger partial charge in [-0.3, -0.25) is 4.79 Å². The van der Waals surface area contributed by atoms with Crippen molar-refractivity contribution in [1.82, 2.24) is 0 Å². The van der Waals surface area contributed by atoms with Crippen LogP contribution in [0.2, 0.25) is 18.1 Å². The molecule has 43 heavy (non-hydrogen) atoms. The highest BCUT2D eigenvalue weighted by molar-refractivity contribution is 6.74. The van der Waals surface area contributed by atoms with Gasteiger partial charge in [0.25, 0.3) is 0 Å². The molecule has 2 atom stereocenters. The monoisotopic (exact) mass is 625 g/mol.